The first-order valence-electron chi connectivity index (χ1n) is 10.3. The van der Waals surface area contributed by atoms with E-state index in [-0.39, 0.29) is 12.5 Å². The third kappa shape index (κ3) is 4.78. The van der Waals surface area contributed by atoms with Crippen molar-refractivity contribution >= 4 is 11.6 Å². The molecule has 0 bridgehead atoms. The SMILES string of the molecule is O=C1CN(c2ccc(CO)cc2)CCN1CC(O)CN1CCc2ccccc2C1. The molecule has 6 nitrogen and oxygen atoms in total. The molecule has 2 aromatic rings. The number of piperazine rings is 1. The van der Waals surface area contributed by atoms with Crippen LogP contribution in [0.15, 0.2) is 48.5 Å². The van der Waals surface area contributed by atoms with Crippen molar-refractivity contribution in [3.8, 4) is 0 Å². The van der Waals surface area contributed by atoms with Gasteiger partial charge in [0.1, 0.15) is 0 Å². The van der Waals surface area contributed by atoms with Crippen molar-refractivity contribution in [1.29, 1.82) is 0 Å². The minimum Gasteiger partial charge on any atom is -0.392 e. The number of β-amino-alcohol motifs (C(OH)–C–C–N with tert-alkyl or cyclic N) is 1. The molecule has 1 unspecified atom stereocenters. The first-order valence-corrected chi connectivity index (χ1v) is 10.3. The zero-order chi connectivity index (χ0) is 20.2. The Morgan fingerprint density at radius 2 is 1.66 bits per heavy atom. The van der Waals surface area contributed by atoms with Gasteiger partial charge in [-0.15, -0.1) is 0 Å². The summed E-state index contributed by atoms with van der Waals surface area (Å²) in [7, 11) is 0. The molecule has 0 spiro atoms. The van der Waals surface area contributed by atoms with Gasteiger partial charge in [-0.1, -0.05) is 36.4 Å². The number of anilines is 1. The van der Waals surface area contributed by atoms with Crippen molar-refractivity contribution in [2.24, 2.45) is 0 Å². The van der Waals surface area contributed by atoms with Gasteiger partial charge >= 0.3 is 0 Å². The van der Waals surface area contributed by atoms with Crippen molar-refractivity contribution in [2.75, 3.05) is 44.2 Å². The maximum atomic E-state index is 12.6. The van der Waals surface area contributed by atoms with E-state index in [0.717, 1.165) is 37.3 Å². The number of aliphatic hydroxyl groups is 2. The number of fused-ring (bicyclic) bond motifs is 1. The minimum absolute atomic E-state index is 0.0213. The lowest BCUT2D eigenvalue weighted by Gasteiger charge is -2.37. The smallest absolute Gasteiger partial charge is 0.242 e. The summed E-state index contributed by atoms with van der Waals surface area (Å²) in [5.74, 6) is 0.0468. The molecule has 2 aliphatic heterocycles. The zero-order valence-corrected chi connectivity index (χ0v) is 16.7. The molecular formula is C23H29N3O3. The first kappa shape index (κ1) is 19.9. The van der Waals surface area contributed by atoms with Crippen LogP contribution in [0.25, 0.3) is 0 Å². The molecule has 0 radical (unpaired) electrons. The van der Waals surface area contributed by atoms with Crippen LogP contribution >= 0.6 is 0 Å². The standard InChI is InChI=1S/C23H29N3O3/c27-17-18-5-7-21(8-6-18)25-11-12-26(23(29)16-25)15-22(28)14-24-10-9-19-3-1-2-4-20(19)13-24/h1-8,22,27-28H,9-17H2. The summed E-state index contributed by atoms with van der Waals surface area (Å²) in [6, 6.07) is 16.1. The second-order valence-electron chi connectivity index (χ2n) is 7.99. The summed E-state index contributed by atoms with van der Waals surface area (Å²) in [6.45, 7) is 4.47. The molecule has 4 rings (SSSR count). The number of amides is 1. The molecule has 2 aromatic carbocycles. The highest BCUT2D eigenvalue weighted by Crippen LogP contribution is 2.20. The summed E-state index contributed by atoms with van der Waals surface area (Å²) < 4.78 is 0. The average molecular weight is 396 g/mol. The average Bonchev–Trinajstić information content (AvgIpc) is 2.75. The number of nitrogens with zero attached hydrogens (tertiary/aromatic N) is 3. The normalized spacial score (nSPS) is 18.6. The van der Waals surface area contributed by atoms with Gasteiger partial charge < -0.3 is 20.0 Å². The molecule has 29 heavy (non-hydrogen) atoms. The Morgan fingerprint density at radius 1 is 0.897 bits per heavy atom. The fourth-order valence-corrected chi connectivity index (χ4v) is 4.25. The molecule has 1 amide bonds. The Balaban J connectivity index is 1.27. The molecule has 6 heteroatoms. The number of carbonyl (C=O) groups excluding carboxylic acids is 1. The van der Waals surface area contributed by atoms with Crippen LogP contribution < -0.4 is 4.90 Å². The fourth-order valence-electron chi connectivity index (χ4n) is 4.25. The Kier molecular flexibility index (Phi) is 6.13. The number of carbonyl (C=O) groups is 1. The van der Waals surface area contributed by atoms with E-state index in [1.807, 2.05) is 29.2 Å². The quantitative estimate of drug-likeness (QED) is 0.771. The second-order valence-corrected chi connectivity index (χ2v) is 7.99. The van der Waals surface area contributed by atoms with E-state index < -0.39 is 6.10 Å². The number of rotatable bonds is 6. The molecule has 1 atom stereocenters. The number of hydrogen-bond donors (Lipinski definition) is 2. The third-order valence-corrected chi connectivity index (χ3v) is 5.91. The van der Waals surface area contributed by atoms with Crippen molar-refractivity contribution in [2.45, 2.75) is 25.7 Å². The maximum absolute atomic E-state index is 12.6. The maximum Gasteiger partial charge on any atom is 0.242 e. The highest BCUT2D eigenvalue weighted by atomic mass is 16.3. The van der Waals surface area contributed by atoms with Crippen LogP contribution in [-0.4, -0.2) is 71.3 Å². The molecular weight excluding hydrogens is 366 g/mol. The van der Waals surface area contributed by atoms with Crippen LogP contribution in [0.5, 0.6) is 0 Å². The lowest BCUT2D eigenvalue weighted by molar-refractivity contribution is -0.132. The van der Waals surface area contributed by atoms with Crippen LogP contribution in [0.3, 0.4) is 0 Å². The molecule has 1 fully saturated rings. The molecule has 1 saturated heterocycles. The van der Waals surface area contributed by atoms with Gasteiger partial charge in [0, 0.05) is 45.0 Å². The topological polar surface area (TPSA) is 67.2 Å². The van der Waals surface area contributed by atoms with Gasteiger partial charge in [0.2, 0.25) is 5.91 Å². The second kappa shape index (κ2) is 8.95. The Hall–Kier alpha value is -2.41. The van der Waals surface area contributed by atoms with E-state index in [2.05, 4.69) is 29.2 Å². The van der Waals surface area contributed by atoms with Crippen LogP contribution in [0.2, 0.25) is 0 Å². The van der Waals surface area contributed by atoms with Gasteiger partial charge in [0.15, 0.2) is 0 Å². The summed E-state index contributed by atoms with van der Waals surface area (Å²) in [4.78, 5) is 18.7. The van der Waals surface area contributed by atoms with Gasteiger partial charge in [-0.2, -0.15) is 0 Å². The van der Waals surface area contributed by atoms with Gasteiger partial charge in [0.25, 0.3) is 0 Å². The van der Waals surface area contributed by atoms with Crippen LogP contribution in [0, 0.1) is 0 Å². The summed E-state index contributed by atoms with van der Waals surface area (Å²) in [6.07, 6.45) is 0.467. The summed E-state index contributed by atoms with van der Waals surface area (Å²) in [5, 5.41) is 19.8. The van der Waals surface area contributed by atoms with Gasteiger partial charge in [0.05, 0.1) is 19.3 Å². The molecule has 2 N–H and O–H groups in total. The van der Waals surface area contributed by atoms with Crippen LogP contribution in [-0.2, 0) is 24.4 Å². The Bertz CT molecular complexity index is 840. The van der Waals surface area contributed by atoms with E-state index in [1.165, 1.54) is 11.1 Å². The Morgan fingerprint density at radius 3 is 2.38 bits per heavy atom. The highest BCUT2D eigenvalue weighted by Gasteiger charge is 2.27. The van der Waals surface area contributed by atoms with Gasteiger partial charge in [-0.3, -0.25) is 9.69 Å². The van der Waals surface area contributed by atoms with E-state index in [1.54, 1.807) is 4.90 Å². The van der Waals surface area contributed by atoms with Crippen molar-refractivity contribution < 1.29 is 15.0 Å². The van der Waals surface area contributed by atoms with Gasteiger partial charge in [-0.05, 0) is 35.2 Å². The lowest BCUT2D eigenvalue weighted by atomic mass is 10.00. The highest BCUT2D eigenvalue weighted by molar-refractivity contribution is 5.82. The lowest BCUT2D eigenvalue weighted by Crippen LogP contribution is -2.53. The molecule has 154 valence electrons. The van der Waals surface area contributed by atoms with E-state index in [0.29, 0.717) is 26.2 Å². The number of aliphatic hydroxyl groups excluding tert-OH is 2. The monoisotopic (exact) mass is 395 g/mol. The largest absolute Gasteiger partial charge is 0.392 e. The molecule has 0 saturated carbocycles. The Labute approximate surface area is 172 Å². The van der Waals surface area contributed by atoms with Crippen LogP contribution in [0.4, 0.5) is 5.69 Å². The van der Waals surface area contributed by atoms with Crippen molar-refractivity contribution in [3.05, 3.63) is 65.2 Å². The van der Waals surface area contributed by atoms with Gasteiger partial charge in [-0.25, -0.2) is 0 Å². The third-order valence-electron chi connectivity index (χ3n) is 5.91. The van der Waals surface area contributed by atoms with E-state index >= 15 is 0 Å². The molecule has 0 aromatic heterocycles. The molecule has 2 aliphatic rings. The van der Waals surface area contributed by atoms with E-state index in [9.17, 15) is 9.90 Å². The predicted octanol–water partition coefficient (Wildman–Crippen LogP) is 1.25. The van der Waals surface area contributed by atoms with Crippen molar-refractivity contribution in [1.82, 2.24) is 9.80 Å². The summed E-state index contributed by atoms with van der Waals surface area (Å²) >= 11 is 0. The fraction of sp³-hybridized carbons (Fsp3) is 0.435. The van der Waals surface area contributed by atoms with E-state index in [4.69, 9.17) is 5.11 Å². The summed E-state index contributed by atoms with van der Waals surface area (Å²) in [5.41, 5.74) is 4.59. The number of hydrogen-bond acceptors (Lipinski definition) is 5. The molecule has 2 heterocycles. The predicted molar refractivity (Wildman–Crippen MR) is 113 cm³/mol. The zero-order valence-electron chi connectivity index (χ0n) is 16.7. The minimum atomic E-state index is -0.542. The number of benzene rings is 2. The molecule has 0 aliphatic carbocycles. The van der Waals surface area contributed by atoms with Crippen LogP contribution in [0.1, 0.15) is 16.7 Å². The first-order chi connectivity index (χ1) is 14.1. The van der Waals surface area contributed by atoms with Crippen molar-refractivity contribution in [3.63, 3.8) is 0 Å².